The lowest BCUT2D eigenvalue weighted by atomic mass is 9.32. The molecule has 0 N–H and O–H groups in total. The van der Waals surface area contributed by atoms with Gasteiger partial charge in [-0.25, -0.2) is 0 Å². The first-order valence-electron chi connectivity index (χ1n) is 19.3. The molecule has 0 saturated heterocycles. The second kappa shape index (κ2) is 12.4. The molecule has 0 radical (unpaired) electrons. The topological polar surface area (TPSA) is 22.9 Å². The molecule has 0 atom stereocenters. The number of fused-ring (bicyclic) bond motifs is 7. The van der Waals surface area contributed by atoms with Crippen molar-refractivity contribution in [2.45, 2.75) is 26.7 Å². The molecule has 0 saturated carbocycles. The molecule has 5 heteroatoms. The summed E-state index contributed by atoms with van der Waals surface area (Å²) >= 11 is 0. The summed E-state index contributed by atoms with van der Waals surface area (Å²) in [6.07, 6.45) is 7.00. The molecule has 0 fully saturated rings. The Balaban J connectivity index is 1.28. The van der Waals surface area contributed by atoms with E-state index in [1.54, 1.807) is 0 Å². The van der Waals surface area contributed by atoms with Crippen molar-refractivity contribution in [2.24, 2.45) is 0 Å². The zero-order valence-electron chi connectivity index (χ0n) is 30.9. The highest BCUT2D eigenvalue weighted by Gasteiger charge is 2.45. The number of anilines is 8. The van der Waals surface area contributed by atoms with Gasteiger partial charge in [0.15, 0.2) is 5.58 Å². The largest absolute Gasteiger partial charge is 0.454 e. The molecule has 1 aliphatic carbocycles. The van der Waals surface area contributed by atoms with Crippen LogP contribution >= 0.6 is 0 Å². The molecule has 2 aliphatic heterocycles. The minimum atomic E-state index is 0.0927. The molecule has 3 aliphatic rings. The van der Waals surface area contributed by atoms with E-state index in [4.69, 9.17) is 4.42 Å². The van der Waals surface area contributed by atoms with Crippen LogP contribution in [0.5, 0.6) is 0 Å². The van der Waals surface area contributed by atoms with Crippen LogP contribution in [0.3, 0.4) is 0 Å². The quantitative estimate of drug-likeness (QED) is 0.166. The molecular weight excluding hydrogens is 669 g/mol. The van der Waals surface area contributed by atoms with E-state index in [2.05, 4.69) is 192 Å². The Morgan fingerprint density at radius 2 is 1.24 bits per heavy atom. The van der Waals surface area contributed by atoms with E-state index in [0.717, 1.165) is 63.2 Å². The molecule has 0 bridgehead atoms. The number of rotatable bonds is 5. The zero-order valence-corrected chi connectivity index (χ0v) is 30.9. The van der Waals surface area contributed by atoms with Crippen LogP contribution in [-0.2, 0) is 0 Å². The van der Waals surface area contributed by atoms with E-state index in [-0.39, 0.29) is 6.71 Å². The summed E-state index contributed by atoms with van der Waals surface area (Å²) in [5.74, 6) is 0. The van der Waals surface area contributed by atoms with Crippen molar-refractivity contribution in [3.05, 3.63) is 192 Å². The highest BCUT2D eigenvalue weighted by molar-refractivity contribution is 6.96. The Bertz CT molecular complexity index is 2870. The number of furan rings is 1. The summed E-state index contributed by atoms with van der Waals surface area (Å²) in [6.45, 7) is 4.48. The molecule has 7 aromatic carbocycles. The minimum absolute atomic E-state index is 0.0927. The van der Waals surface area contributed by atoms with E-state index in [1.165, 1.54) is 50.3 Å². The molecule has 4 nitrogen and oxygen atoms in total. The van der Waals surface area contributed by atoms with E-state index < -0.39 is 0 Å². The van der Waals surface area contributed by atoms with Crippen molar-refractivity contribution < 1.29 is 4.42 Å². The molecule has 8 aromatic rings. The third kappa shape index (κ3) is 4.86. The number of benzene rings is 7. The lowest BCUT2D eigenvalue weighted by Crippen LogP contribution is -2.57. The van der Waals surface area contributed by atoms with Crippen LogP contribution in [0.25, 0.3) is 21.9 Å². The van der Waals surface area contributed by atoms with Gasteiger partial charge in [-0.2, -0.15) is 0 Å². The molecule has 11 rings (SSSR count). The van der Waals surface area contributed by atoms with Gasteiger partial charge in [-0.05, 0) is 109 Å². The summed E-state index contributed by atoms with van der Waals surface area (Å²) in [6, 6.07) is 57.3. The summed E-state index contributed by atoms with van der Waals surface area (Å²) in [4.78, 5) is 7.43. The van der Waals surface area contributed by atoms with Crippen molar-refractivity contribution in [3.8, 4) is 0 Å². The van der Waals surface area contributed by atoms with E-state index in [1.807, 2.05) is 6.07 Å². The van der Waals surface area contributed by atoms with Crippen LogP contribution in [0.2, 0.25) is 0 Å². The lowest BCUT2D eigenvalue weighted by Gasteiger charge is -2.46. The first-order valence-corrected chi connectivity index (χ1v) is 19.3. The first-order chi connectivity index (χ1) is 27.1. The van der Waals surface area contributed by atoms with Gasteiger partial charge >= 0.3 is 0 Å². The molecule has 0 unspecified atom stereocenters. The van der Waals surface area contributed by atoms with E-state index >= 15 is 0 Å². The van der Waals surface area contributed by atoms with Crippen LogP contribution in [0.4, 0.5) is 45.5 Å². The summed E-state index contributed by atoms with van der Waals surface area (Å²) in [5.41, 5.74) is 18.6. The molecular formula is C50H38BN3O. The maximum atomic E-state index is 6.79. The van der Waals surface area contributed by atoms with Crippen LogP contribution < -0.4 is 25.6 Å². The standard InChI is InChI=1S/C50H38BN3O/c1-33-28-29-42(34(2)30-33)54(45-26-15-21-39-38-20-9-14-27-48(38)55-50(39)45)37-31-46-49-47(32-37)53(36-18-7-4-8-19-36)44-25-13-11-23-41(44)51(49)40-22-10-12-24-43(40)52(46)35-16-5-3-6-17-35/h3-10,12,14-32H,11,13H2,1-2H3. The van der Waals surface area contributed by atoms with Crippen LogP contribution in [0.15, 0.2) is 185 Å². The van der Waals surface area contributed by atoms with Crippen molar-refractivity contribution in [1.82, 2.24) is 0 Å². The SMILES string of the molecule is Cc1ccc(N(c2cc3c4c(c2)N(c2ccccc2)c2ccccc2B4C2=CCCC=C2N3c2ccccc2)c2cccc3c2oc2ccccc23)c(C)c1. The second-order valence-electron chi connectivity index (χ2n) is 14.9. The molecule has 1 aromatic heterocycles. The Hall–Kier alpha value is -6.72. The van der Waals surface area contributed by atoms with Gasteiger partial charge in [0.05, 0.1) is 11.4 Å². The molecule has 3 heterocycles. The zero-order chi connectivity index (χ0) is 36.6. The number of aryl methyl sites for hydroxylation is 2. The molecule has 55 heavy (non-hydrogen) atoms. The van der Waals surface area contributed by atoms with Gasteiger partial charge in [-0.1, -0.05) is 115 Å². The van der Waals surface area contributed by atoms with Crippen LogP contribution in [-0.4, -0.2) is 6.71 Å². The summed E-state index contributed by atoms with van der Waals surface area (Å²) in [7, 11) is 0. The molecule has 0 spiro atoms. The highest BCUT2D eigenvalue weighted by Crippen LogP contribution is 2.51. The van der Waals surface area contributed by atoms with Gasteiger partial charge < -0.3 is 19.1 Å². The summed E-state index contributed by atoms with van der Waals surface area (Å²) in [5, 5.41) is 2.23. The van der Waals surface area contributed by atoms with Crippen molar-refractivity contribution >= 4 is 85.1 Å². The molecule has 0 amide bonds. The average Bonchev–Trinajstić information content (AvgIpc) is 3.62. The number of nitrogens with zero attached hydrogens (tertiary/aromatic N) is 3. The lowest BCUT2D eigenvalue weighted by molar-refractivity contribution is 0.669. The van der Waals surface area contributed by atoms with E-state index in [9.17, 15) is 0 Å². The number of para-hydroxylation sites is 5. The Labute approximate surface area is 321 Å². The third-order valence-electron chi connectivity index (χ3n) is 11.6. The summed E-state index contributed by atoms with van der Waals surface area (Å²) < 4.78 is 6.79. The predicted octanol–water partition coefficient (Wildman–Crippen LogP) is 12.4. The van der Waals surface area contributed by atoms with Gasteiger partial charge in [0, 0.05) is 50.6 Å². The van der Waals surface area contributed by atoms with Crippen molar-refractivity contribution in [2.75, 3.05) is 14.7 Å². The third-order valence-corrected chi connectivity index (χ3v) is 11.6. The van der Waals surface area contributed by atoms with Gasteiger partial charge in [-0.3, -0.25) is 0 Å². The molecule has 262 valence electrons. The Morgan fingerprint density at radius 1 is 0.564 bits per heavy atom. The second-order valence-corrected chi connectivity index (χ2v) is 14.9. The van der Waals surface area contributed by atoms with Gasteiger partial charge in [0.1, 0.15) is 5.58 Å². The number of allylic oxidation sites excluding steroid dienone is 3. The maximum Gasteiger partial charge on any atom is 0.251 e. The fourth-order valence-electron chi connectivity index (χ4n) is 9.33. The monoisotopic (exact) mass is 707 g/mol. The van der Waals surface area contributed by atoms with Crippen LogP contribution in [0.1, 0.15) is 24.0 Å². The fraction of sp³-hybridized carbons (Fsp3) is 0.0800. The maximum absolute atomic E-state index is 6.79. The normalized spacial score (nSPS) is 14.3. The highest BCUT2D eigenvalue weighted by atomic mass is 16.3. The van der Waals surface area contributed by atoms with Crippen molar-refractivity contribution in [1.29, 1.82) is 0 Å². The van der Waals surface area contributed by atoms with Crippen molar-refractivity contribution in [3.63, 3.8) is 0 Å². The number of hydrogen-bond donors (Lipinski definition) is 0. The smallest absolute Gasteiger partial charge is 0.251 e. The van der Waals surface area contributed by atoms with Gasteiger partial charge in [0.2, 0.25) is 0 Å². The average molecular weight is 708 g/mol. The first kappa shape index (κ1) is 31.8. The minimum Gasteiger partial charge on any atom is -0.454 e. The number of hydrogen-bond acceptors (Lipinski definition) is 4. The Morgan fingerprint density at radius 3 is 2.04 bits per heavy atom. The van der Waals surface area contributed by atoms with E-state index in [0.29, 0.717) is 0 Å². The van der Waals surface area contributed by atoms with Gasteiger partial charge in [0.25, 0.3) is 6.71 Å². The van der Waals surface area contributed by atoms with Crippen LogP contribution in [0, 0.1) is 13.8 Å². The Kier molecular flexibility index (Phi) is 7.18. The van der Waals surface area contributed by atoms with Gasteiger partial charge in [-0.15, -0.1) is 0 Å². The predicted molar refractivity (Wildman–Crippen MR) is 232 cm³/mol. The fourth-order valence-corrected chi connectivity index (χ4v) is 9.33.